The molecule has 1 aromatic carbocycles. The molecule has 2 atom stereocenters. The third kappa shape index (κ3) is 13.5. The number of benzene rings is 1. The molecule has 236 valence electrons. The first-order chi connectivity index (χ1) is 19.3. The van der Waals surface area contributed by atoms with E-state index >= 15 is 0 Å². The largest absolute Gasteiger partial charge is 0.508 e. The van der Waals surface area contributed by atoms with Crippen LogP contribution in [-0.2, 0) is 20.4 Å². The van der Waals surface area contributed by atoms with Crippen molar-refractivity contribution in [3.8, 4) is 11.5 Å². The van der Waals surface area contributed by atoms with Gasteiger partial charge < -0.3 is 20.5 Å². The second-order valence-electron chi connectivity index (χ2n) is 13.5. The molecule has 2 unspecified atom stereocenters. The normalized spacial score (nSPS) is 13.5. The molecule has 6 nitrogen and oxygen atoms in total. The van der Waals surface area contributed by atoms with Crippen molar-refractivity contribution in [1.82, 2.24) is 10.6 Å². The van der Waals surface area contributed by atoms with Crippen molar-refractivity contribution in [3.05, 3.63) is 23.3 Å². The number of ether oxygens (including phenoxy) is 1. The Kier molecular flexibility index (Phi) is 16.4. The van der Waals surface area contributed by atoms with Gasteiger partial charge in [-0.15, -0.1) is 0 Å². The predicted octanol–water partition coefficient (Wildman–Crippen LogP) is 8.47. The molecule has 1 rings (SSSR count). The molecule has 0 radical (unpaired) electrons. The minimum absolute atomic E-state index is 0.142. The molecule has 0 fully saturated rings. The van der Waals surface area contributed by atoms with Crippen LogP contribution in [0.2, 0.25) is 0 Å². The number of unbranched alkanes of at least 4 members (excludes halogenated alkanes) is 4. The number of methoxy groups -OCH3 is 1. The van der Waals surface area contributed by atoms with E-state index in [1.54, 1.807) is 7.11 Å². The molecule has 0 aliphatic rings. The maximum Gasteiger partial charge on any atom is 0.220 e. The molecule has 0 aromatic heterocycles. The monoisotopic (exact) mass is 574 g/mol. The summed E-state index contributed by atoms with van der Waals surface area (Å²) in [6, 6.07) is 4.21. The van der Waals surface area contributed by atoms with Crippen molar-refractivity contribution in [2.45, 2.75) is 168 Å². The second-order valence-corrected chi connectivity index (χ2v) is 13.5. The number of hydrogen-bond donors (Lipinski definition) is 3. The van der Waals surface area contributed by atoms with E-state index in [0.717, 1.165) is 93.9 Å². The molecule has 0 bridgehead atoms. The van der Waals surface area contributed by atoms with Crippen LogP contribution in [0.1, 0.15) is 156 Å². The summed E-state index contributed by atoms with van der Waals surface area (Å²) in [5, 5.41) is 17.5. The van der Waals surface area contributed by atoms with Gasteiger partial charge in [-0.3, -0.25) is 9.59 Å². The van der Waals surface area contributed by atoms with Gasteiger partial charge in [-0.05, 0) is 75.3 Å². The van der Waals surface area contributed by atoms with Crippen molar-refractivity contribution in [2.24, 2.45) is 0 Å². The number of amides is 2. The quantitative estimate of drug-likeness (QED) is 0.129. The average molecular weight is 575 g/mol. The summed E-state index contributed by atoms with van der Waals surface area (Å²) in [4.78, 5) is 24.3. The second kappa shape index (κ2) is 18.3. The van der Waals surface area contributed by atoms with Crippen LogP contribution in [0.3, 0.4) is 0 Å². The molecular formula is C35H62N2O4. The van der Waals surface area contributed by atoms with Crippen molar-refractivity contribution >= 4 is 11.8 Å². The van der Waals surface area contributed by atoms with E-state index in [0.29, 0.717) is 18.6 Å². The number of aromatic hydroxyl groups is 1. The van der Waals surface area contributed by atoms with Gasteiger partial charge in [0.2, 0.25) is 11.8 Å². The number of phenolic OH excluding ortho intramolecular Hbond substituents is 1. The average Bonchev–Trinajstić information content (AvgIpc) is 2.88. The van der Waals surface area contributed by atoms with E-state index in [-0.39, 0.29) is 34.7 Å². The van der Waals surface area contributed by atoms with Gasteiger partial charge in [-0.2, -0.15) is 0 Å². The standard InChI is InChI=1S/C35H62N2O4/c1-10-12-14-20-32(39)36-26(3)18-16-22-34(5,6)28-25-31(41-9)29(24-30(28)38)35(7,8)23-17-19-27(4)37-33(40)21-15-13-11-2/h24-27,38H,10-23H2,1-9H3,(H,36,39)(H,37,40). The maximum absolute atomic E-state index is 12.2. The van der Waals surface area contributed by atoms with Crippen LogP contribution in [0, 0.1) is 0 Å². The van der Waals surface area contributed by atoms with Crippen LogP contribution >= 0.6 is 0 Å². The van der Waals surface area contributed by atoms with Crippen LogP contribution in [0.5, 0.6) is 11.5 Å². The lowest BCUT2D eigenvalue weighted by molar-refractivity contribution is -0.122. The molecule has 2 amide bonds. The van der Waals surface area contributed by atoms with Crippen LogP contribution in [0.25, 0.3) is 0 Å². The Morgan fingerprint density at radius 1 is 0.756 bits per heavy atom. The maximum atomic E-state index is 12.2. The first-order valence-corrected chi connectivity index (χ1v) is 16.3. The van der Waals surface area contributed by atoms with Crippen molar-refractivity contribution in [2.75, 3.05) is 7.11 Å². The minimum atomic E-state index is -0.240. The van der Waals surface area contributed by atoms with Crippen LogP contribution in [-0.4, -0.2) is 36.1 Å². The van der Waals surface area contributed by atoms with Crippen molar-refractivity contribution < 1.29 is 19.4 Å². The summed E-state index contributed by atoms with van der Waals surface area (Å²) in [6.07, 6.45) is 13.1. The van der Waals surface area contributed by atoms with Gasteiger partial charge in [0.1, 0.15) is 11.5 Å². The molecule has 0 aliphatic carbocycles. The zero-order valence-electron chi connectivity index (χ0n) is 27.9. The van der Waals surface area contributed by atoms with Gasteiger partial charge in [0.05, 0.1) is 7.11 Å². The Morgan fingerprint density at radius 2 is 1.20 bits per heavy atom. The summed E-state index contributed by atoms with van der Waals surface area (Å²) in [7, 11) is 1.70. The molecule has 1 aromatic rings. The van der Waals surface area contributed by atoms with Crippen molar-refractivity contribution in [3.63, 3.8) is 0 Å². The zero-order chi connectivity index (χ0) is 31.1. The summed E-state index contributed by atoms with van der Waals surface area (Å²) >= 11 is 0. The third-order valence-corrected chi connectivity index (χ3v) is 8.48. The molecule has 41 heavy (non-hydrogen) atoms. The molecule has 0 saturated carbocycles. The van der Waals surface area contributed by atoms with Gasteiger partial charge in [0.15, 0.2) is 0 Å². The lowest BCUT2D eigenvalue weighted by Crippen LogP contribution is -2.32. The van der Waals surface area contributed by atoms with E-state index in [4.69, 9.17) is 4.74 Å². The van der Waals surface area contributed by atoms with E-state index < -0.39 is 0 Å². The first kappa shape index (κ1) is 36.8. The molecule has 0 spiro atoms. The summed E-state index contributed by atoms with van der Waals surface area (Å²) < 4.78 is 5.86. The number of carbonyl (C=O) groups is 2. The van der Waals surface area contributed by atoms with Gasteiger partial charge in [0, 0.05) is 36.1 Å². The lowest BCUT2D eigenvalue weighted by Gasteiger charge is -2.32. The van der Waals surface area contributed by atoms with Gasteiger partial charge >= 0.3 is 0 Å². The van der Waals surface area contributed by atoms with Crippen LogP contribution < -0.4 is 15.4 Å². The van der Waals surface area contributed by atoms with Crippen molar-refractivity contribution in [1.29, 1.82) is 0 Å². The summed E-state index contributed by atoms with van der Waals surface area (Å²) in [5.74, 6) is 1.41. The highest BCUT2D eigenvalue weighted by Crippen LogP contribution is 2.44. The van der Waals surface area contributed by atoms with E-state index in [1.807, 2.05) is 12.1 Å². The Bertz CT molecular complexity index is 925. The molecule has 0 heterocycles. The molecule has 0 aliphatic heterocycles. The zero-order valence-corrected chi connectivity index (χ0v) is 27.9. The Morgan fingerprint density at radius 3 is 1.61 bits per heavy atom. The van der Waals surface area contributed by atoms with Gasteiger partial charge in [-0.1, -0.05) is 80.1 Å². The van der Waals surface area contributed by atoms with Gasteiger partial charge in [-0.25, -0.2) is 0 Å². The molecule has 6 heteroatoms. The Labute approximate surface area is 251 Å². The minimum Gasteiger partial charge on any atom is -0.508 e. The first-order valence-electron chi connectivity index (χ1n) is 16.3. The fourth-order valence-electron chi connectivity index (χ4n) is 5.69. The fourth-order valence-corrected chi connectivity index (χ4v) is 5.69. The van der Waals surface area contributed by atoms with Crippen LogP contribution in [0.15, 0.2) is 12.1 Å². The number of phenols is 1. The smallest absolute Gasteiger partial charge is 0.220 e. The highest BCUT2D eigenvalue weighted by molar-refractivity contribution is 5.76. The highest BCUT2D eigenvalue weighted by Gasteiger charge is 2.30. The molecular weight excluding hydrogens is 512 g/mol. The Hall–Kier alpha value is -2.24. The third-order valence-electron chi connectivity index (χ3n) is 8.48. The predicted molar refractivity (Wildman–Crippen MR) is 172 cm³/mol. The highest BCUT2D eigenvalue weighted by atomic mass is 16.5. The summed E-state index contributed by atoms with van der Waals surface area (Å²) in [6.45, 7) is 17.2. The lowest BCUT2D eigenvalue weighted by atomic mass is 9.75. The SMILES string of the molecule is CCCCCC(=O)NC(C)CCCC(C)(C)c1cc(OC)c(C(C)(C)CCCC(C)NC(=O)CCCCC)cc1O. The van der Waals surface area contributed by atoms with Gasteiger partial charge in [0.25, 0.3) is 0 Å². The topological polar surface area (TPSA) is 87.7 Å². The van der Waals surface area contributed by atoms with E-state index in [9.17, 15) is 14.7 Å². The molecule has 0 saturated heterocycles. The number of carbonyl (C=O) groups excluding carboxylic acids is 2. The Balaban J connectivity index is 2.76. The van der Waals surface area contributed by atoms with Crippen LogP contribution in [0.4, 0.5) is 0 Å². The number of rotatable bonds is 21. The van der Waals surface area contributed by atoms with E-state index in [2.05, 4.69) is 66.0 Å². The molecule has 3 N–H and O–H groups in total. The number of nitrogens with one attached hydrogen (secondary N) is 2. The van der Waals surface area contributed by atoms with E-state index in [1.165, 1.54) is 0 Å². The number of hydrogen-bond acceptors (Lipinski definition) is 4. The fraction of sp³-hybridized carbons (Fsp3) is 0.771. The summed E-state index contributed by atoms with van der Waals surface area (Å²) in [5.41, 5.74) is 1.47.